The third kappa shape index (κ3) is 3.96. The van der Waals surface area contributed by atoms with Gasteiger partial charge in [-0.25, -0.2) is 4.79 Å². The van der Waals surface area contributed by atoms with E-state index in [1.807, 2.05) is 30.5 Å². The lowest BCUT2D eigenvalue weighted by molar-refractivity contribution is -0.134. The lowest BCUT2D eigenvalue weighted by Gasteiger charge is -2.23. The summed E-state index contributed by atoms with van der Waals surface area (Å²) in [5, 5.41) is 4.47. The Morgan fingerprint density at radius 3 is 2.91 bits per heavy atom. The highest BCUT2D eigenvalue weighted by atomic mass is 16.5. The smallest absolute Gasteiger partial charge is 0.330 e. The average molecular weight is 310 g/mol. The molecule has 0 atom stereocenters. The molecule has 4 nitrogen and oxygen atoms in total. The second-order valence-corrected chi connectivity index (χ2v) is 6.01. The van der Waals surface area contributed by atoms with Crippen molar-refractivity contribution in [3.8, 4) is 0 Å². The van der Waals surface area contributed by atoms with E-state index in [-0.39, 0.29) is 5.97 Å². The molecule has 0 saturated carbocycles. The van der Waals surface area contributed by atoms with Gasteiger partial charge in [-0.05, 0) is 61.5 Å². The molecule has 1 aliphatic heterocycles. The maximum atomic E-state index is 11.8. The summed E-state index contributed by atoms with van der Waals surface area (Å²) < 4.78 is 4.83. The van der Waals surface area contributed by atoms with E-state index in [9.17, 15) is 4.79 Å². The molecular weight excluding hydrogens is 288 g/mol. The molecule has 0 unspecified atom stereocenters. The molecule has 1 aromatic heterocycles. The number of rotatable bonds is 4. The van der Waals surface area contributed by atoms with E-state index in [1.54, 1.807) is 6.08 Å². The van der Waals surface area contributed by atoms with Crippen LogP contribution in [0.3, 0.4) is 0 Å². The van der Waals surface area contributed by atoms with Crippen LogP contribution in [-0.2, 0) is 9.53 Å². The minimum atomic E-state index is -0.304. The number of methoxy groups -OCH3 is 1. The van der Waals surface area contributed by atoms with Gasteiger partial charge in [-0.3, -0.25) is 4.98 Å². The van der Waals surface area contributed by atoms with Gasteiger partial charge in [-0.1, -0.05) is 18.2 Å². The Hall–Kier alpha value is -2.20. The first-order chi connectivity index (χ1) is 11.3. The Labute approximate surface area is 136 Å². The molecule has 1 aromatic carbocycles. The Morgan fingerprint density at radius 2 is 2.13 bits per heavy atom. The molecule has 0 radical (unpaired) electrons. The zero-order valence-electron chi connectivity index (χ0n) is 13.4. The van der Waals surface area contributed by atoms with E-state index in [0.29, 0.717) is 5.92 Å². The summed E-state index contributed by atoms with van der Waals surface area (Å²) in [6, 6.07) is 10.1. The van der Waals surface area contributed by atoms with Crippen LogP contribution in [0.4, 0.5) is 0 Å². The van der Waals surface area contributed by atoms with Crippen LogP contribution in [0.2, 0.25) is 0 Å². The summed E-state index contributed by atoms with van der Waals surface area (Å²) in [4.78, 5) is 16.3. The second kappa shape index (κ2) is 7.38. The van der Waals surface area contributed by atoms with Crippen molar-refractivity contribution in [1.82, 2.24) is 10.3 Å². The minimum Gasteiger partial charge on any atom is -0.466 e. The number of ether oxygens (including phenoxy) is 1. The standard InChI is InChI=1S/C19H22N2O2/c1-23-19(22)12-16(10-14-6-8-20-9-7-14)17-11-15-4-2-3-5-18(15)21-13-17/h2-5,11-14,20H,6-10H2,1H3/b16-12-. The highest BCUT2D eigenvalue weighted by Crippen LogP contribution is 2.28. The molecular formula is C19H22N2O2. The topological polar surface area (TPSA) is 51.2 Å². The number of nitrogens with one attached hydrogen (secondary N) is 1. The van der Waals surface area contributed by atoms with Crippen LogP contribution in [0.15, 0.2) is 42.6 Å². The Bertz CT molecular complexity index is 718. The number of nitrogens with zero attached hydrogens (tertiary/aromatic N) is 1. The fourth-order valence-electron chi connectivity index (χ4n) is 3.10. The van der Waals surface area contributed by atoms with E-state index >= 15 is 0 Å². The molecule has 1 N–H and O–H groups in total. The zero-order chi connectivity index (χ0) is 16.1. The largest absolute Gasteiger partial charge is 0.466 e. The van der Waals surface area contributed by atoms with Gasteiger partial charge in [0.05, 0.1) is 12.6 Å². The van der Waals surface area contributed by atoms with Gasteiger partial charge in [0, 0.05) is 17.7 Å². The Balaban J connectivity index is 1.91. The average Bonchev–Trinajstić information content (AvgIpc) is 2.61. The van der Waals surface area contributed by atoms with Crippen LogP contribution in [0, 0.1) is 5.92 Å². The summed E-state index contributed by atoms with van der Waals surface area (Å²) >= 11 is 0. The third-order valence-electron chi connectivity index (χ3n) is 4.42. The van der Waals surface area contributed by atoms with Crippen molar-refractivity contribution in [2.75, 3.05) is 20.2 Å². The van der Waals surface area contributed by atoms with Gasteiger partial charge < -0.3 is 10.1 Å². The molecule has 1 aliphatic rings. The van der Waals surface area contributed by atoms with Gasteiger partial charge in [0.15, 0.2) is 0 Å². The third-order valence-corrected chi connectivity index (χ3v) is 4.42. The summed E-state index contributed by atoms with van der Waals surface area (Å²) in [6.07, 6.45) is 6.64. The van der Waals surface area contributed by atoms with Crippen molar-refractivity contribution in [1.29, 1.82) is 0 Å². The molecule has 4 heteroatoms. The number of hydrogen-bond donors (Lipinski definition) is 1. The Morgan fingerprint density at radius 1 is 1.35 bits per heavy atom. The van der Waals surface area contributed by atoms with Crippen molar-refractivity contribution in [2.24, 2.45) is 5.92 Å². The molecule has 23 heavy (non-hydrogen) atoms. The molecule has 2 heterocycles. The first-order valence-corrected chi connectivity index (χ1v) is 8.10. The highest BCUT2D eigenvalue weighted by molar-refractivity contribution is 5.92. The first kappa shape index (κ1) is 15.7. The van der Waals surface area contributed by atoms with Gasteiger partial charge in [0.2, 0.25) is 0 Å². The molecule has 0 spiro atoms. The summed E-state index contributed by atoms with van der Waals surface area (Å²) in [5.74, 6) is 0.292. The van der Waals surface area contributed by atoms with E-state index in [1.165, 1.54) is 7.11 Å². The van der Waals surface area contributed by atoms with Crippen molar-refractivity contribution in [2.45, 2.75) is 19.3 Å². The predicted octanol–water partition coefficient (Wildman–Crippen LogP) is 3.18. The molecule has 120 valence electrons. The molecule has 0 aliphatic carbocycles. The number of piperidine rings is 1. The number of carbonyl (C=O) groups excluding carboxylic acids is 1. The number of carbonyl (C=O) groups is 1. The van der Waals surface area contributed by atoms with Gasteiger partial charge in [0.1, 0.15) is 0 Å². The predicted molar refractivity (Wildman–Crippen MR) is 91.9 cm³/mol. The fraction of sp³-hybridized carbons (Fsp3) is 0.368. The number of esters is 1. The fourth-order valence-corrected chi connectivity index (χ4v) is 3.10. The molecule has 0 amide bonds. The number of allylic oxidation sites excluding steroid dienone is 1. The van der Waals surface area contributed by atoms with Gasteiger partial charge in [0.25, 0.3) is 0 Å². The van der Waals surface area contributed by atoms with Gasteiger partial charge >= 0.3 is 5.97 Å². The number of benzene rings is 1. The normalized spacial score (nSPS) is 16.5. The van der Waals surface area contributed by atoms with Gasteiger partial charge in [-0.2, -0.15) is 0 Å². The summed E-state index contributed by atoms with van der Waals surface area (Å²) in [5.41, 5.74) is 2.99. The molecule has 1 fully saturated rings. The van der Waals surface area contributed by atoms with E-state index in [4.69, 9.17) is 4.74 Å². The second-order valence-electron chi connectivity index (χ2n) is 6.01. The Kier molecular flexibility index (Phi) is 5.03. The summed E-state index contributed by atoms with van der Waals surface area (Å²) in [6.45, 7) is 2.10. The zero-order valence-corrected chi connectivity index (χ0v) is 13.4. The van der Waals surface area contributed by atoms with Crippen LogP contribution in [0.5, 0.6) is 0 Å². The molecule has 1 saturated heterocycles. The van der Waals surface area contributed by atoms with Crippen LogP contribution >= 0.6 is 0 Å². The minimum absolute atomic E-state index is 0.304. The number of para-hydroxylation sites is 1. The highest BCUT2D eigenvalue weighted by Gasteiger charge is 2.17. The number of fused-ring (bicyclic) bond motifs is 1. The lowest BCUT2D eigenvalue weighted by atomic mass is 9.88. The van der Waals surface area contributed by atoms with E-state index < -0.39 is 0 Å². The molecule has 0 bridgehead atoms. The number of pyridine rings is 1. The first-order valence-electron chi connectivity index (χ1n) is 8.10. The van der Waals surface area contributed by atoms with Crippen molar-refractivity contribution < 1.29 is 9.53 Å². The SMILES string of the molecule is COC(=O)/C=C(/CC1CCNCC1)c1cnc2ccccc2c1. The van der Waals surface area contributed by atoms with Crippen molar-refractivity contribution in [3.05, 3.63) is 48.2 Å². The molecule has 3 rings (SSSR count). The number of hydrogen-bond acceptors (Lipinski definition) is 4. The maximum Gasteiger partial charge on any atom is 0.330 e. The van der Waals surface area contributed by atoms with Crippen molar-refractivity contribution in [3.63, 3.8) is 0 Å². The van der Waals surface area contributed by atoms with Gasteiger partial charge in [-0.15, -0.1) is 0 Å². The van der Waals surface area contributed by atoms with Crippen LogP contribution in [0.1, 0.15) is 24.8 Å². The van der Waals surface area contributed by atoms with Crippen molar-refractivity contribution >= 4 is 22.4 Å². The lowest BCUT2D eigenvalue weighted by Crippen LogP contribution is -2.27. The van der Waals surface area contributed by atoms with E-state index in [0.717, 1.165) is 54.4 Å². The monoisotopic (exact) mass is 310 g/mol. The van der Waals surface area contributed by atoms with Crippen LogP contribution in [0.25, 0.3) is 16.5 Å². The quantitative estimate of drug-likeness (QED) is 0.696. The van der Waals surface area contributed by atoms with Crippen LogP contribution < -0.4 is 5.32 Å². The summed E-state index contributed by atoms with van der Waals surface area (Å²) in [7, 11) is 1.42. The van der Waals surface area contributed by atoms with Crippen LogP contribution in [-0.4, -0.2) is 31.2 Å². The van der Waals surface area contributed by atoms with E-state index in [2.05, 4.69) is 16.4 Å². The number of aromatic nitrogens is 1. The maximum absolute atomic E-state index is 11.8. The molecule has 2 aromatic rings.